The van der Waals surface area contributed by atoms with Gasteiger partial charge in [-0.1, -0.05) is 37.0 Å². The smallest absolute Gasteiger partial charge is 0.165 e. The first-order valence-corrected chi connectivity index (χ1v) is 10.9. The first-order chi connectivity index (χ1) is 12.5. The maximum atomic E-state index is 11.1. The predicted molar refractivity (Wildman–Crippen MR) is 117 cm³/mol. The lowest BCUT2D eigenvalue weighted by Gasteiger charge is -2.20. The summed E-state index contributed by atoms with van der Waals surface area (Å²) in [4.78, 5) is 12.8. The molecule has 0 aliphatic rings. The van der Waals surface area contributed by atoms with Gasteiger partial charge in [-0.15, -0.1) is 11.3 Å². The molecule has 1 unspecified atom stereocenters. The van der Waals surface area contributed by atoms with Crippen LogP contribution in [-0.2, 0) is 9.26 Å². The monoisotopic (exact) mass is 437 g/mol. The largest absolute Gasteiger partial charge is 0.388 e. The Morgan fingerprint density at radius 3 is 2.35 bits per heavy atom. The minimum absolute atomic E-state index is 0.539. The van der Waals surface area contributed by atoms with Crippen LogP contribution in [0.5, 0.6) is 0 Å². The molecule has 0 radical (unpaired) electrons. The fourth-order valence-corrected chi connectivity index (χ4v) is 4.71. The Morgan fingerprint density at radius 1 is 1.23 bits per heavy atom. The summed E-state index contributed by atoms with van der Waals surface area (Å²) < 4.78 is 10.0. The molecular weight excluding hydrogens is 412 g/mol. The molecule has 0 aliphatic carbocycles. The molecule has 1 aromatic carbocycles. The number of anilines is 1. The minimum atomic E-state index is -1.17. The van der Waals surface area contributed by atoms with Crippen LogP contribution >= 0.6 is 42.8 Å². The van der Waals surface area contributed by atoms with E-state index in [0.29, 0.717) is 21.5 Å². The molecule has 2 rings (SSSR count). The first-order valence-electron chi connectivity index (χ1n) is 8.07. The molecule has 0 bridgehead atoms. The minimum Gasteiger partial charge on any atom is -0.388 e. The maximum absolute atomic E-state index is 11.1. The molecule has 2 aromatic rings. The van der Waals surface area contributed by atoms with Crippen molar-refractivity contribution in [3.63, 3.8) is 0 Å². The van der Waals surface area contributed by atoms with E-state index < -0.39 is 8.30 Å². The second-order valence-corrected chi connectivity index (χ2v) is 8.26. The summed E-state index contributed by atoms with van der Waals surface area (Å²) in [5.41, 5.74) is 0.776. The number of hydrogen-bond donors (Lipinski definition) is 1. The number of thiophene rings is 1. The number of methoxy groups -OCH3 is 1. The summed E-state index contributed by atoms with van der Waals surface area (Å²) in [6.07, 6.45) is 0.850. The predicted octanol–water partition coefficient (Wildman–Crippen LogP) is 6.55. The highest BCUT2D eigenvalue weighted by Gasteiger charge is 2.18. The fourth-order valence-electron chi connectivity index (χ4n) is 1.75. The number of aryl methyl sites for hydroxylation is 1. The summed E-state index contributed by atoms with van der Waals surface area (Å²) in [7, 11) is 2.08. The molecule has 1 N–H and O–H groups in total. The van der Waals surface area contributed by atoms with Gasteiger partial charge in [0.15, 0.2) is 14.6 Å². The van der Waals surface area contributed by atoms with Gasteiger partial charge >= 0.3 is 0 Å². The topological polar surface area (TPSA) is 47.6 Å². The van der Waals surface area contributed by atoms with E-state index in [1.807, 2.05) is 39.8 Å². The van der Waals surface area contributed by atoms with Crippen molar-refractivity contribution in [2.24, 2.45) is 0 Å². The third-order valence-electron chi connectivity index (χ3n) is 2.60. The van der Waals surface area contributed by atoms with Crippen LogP contribution in [0.3, 0.4) is 0 Å². The Balaban J connectivity index is 0.00000113. The van der Waals surface area contributed by atoms with E-state index >= 15 is 0 Å². The molecule has 0 saturated heterocycles. The summed E-state index contributed by atoms with van der Waals surface area (Å²) in [6, 6.07) is 7.25. The van der Waals surface area contributed by atoms with Gasteiger partial charge in [0.25, 0.3) is 0 Å². The van der Waals surface area contributed by atoms with Crippen molar-refractivity contribution in [3.8, 4) is 0 Å². The molecule has 4 nitrogen and oxygen atoms in total. The highest BCUT2D eigenvalue weighted by molar-refractivity contribution is 7.62. The molecule has 146 valence electrons. The molecule has 0 amide bonds. The average Bonchev–Trinajstić information content (AvgIpc) is 2.97. The van der Waals surface area contributed by atoms with Crippen molar-refractivity contribution in [2.45, 2.75) is 27.7 Å². The fraction of sp³-hybridized carbons (Fsp3) is 0.389. The number of halogens is 2. The van der Waals surface area contributed by atoms with Gasteiger partial charge < -0.3 is 14.3 Å². The Labute approximate surface area is 171 Å². The second kappa shape index (κ2) is 14.4. The first kappa shape index (κ1) is 25.3. The van der Waals surface area contributed by atoms with Crippen LogP contribution in [0.4, 0.5) is 5.69 Å². The molecule has 0 aliphatic heterocycles. The molecule has 0 spiro atoms. The molecule has 26 heavy (non-hydrogen) atoms. The lowest BCUT2D eigenvalue weighted by Crippen LogP contribution is -2.11. The van der Waals surface area contributed by atoms with Crippen molar-refractivity contribution < 1.29 is 14.1 Å². The Hall–Kier alpha value is -0.680. The number of hydrogen-bond acceptors (Lipinski definition) is 5. The highest BCUT2D eigenvalue weighted by Crippen LogP contribution is 2.41. The number of nitrogens with one attached hydrogen (secondary N) is 1. The zero-order valence-electron chi connectivity index (χ0n) is 15.9. The van der Waals surface area contributed by atoms with Crippen molar-refractivity contribution in [2.75, 3.05) is 25.9 Å². The molecule has 1 heterocycles. The average molecular weight is 438 g/mol. The normalized spacial score (nSPS) is 10.8. The molecule has 1 aromatic heterocycles. The van der Waals surface area contributed by atoms with E-state index in [0.717, 1.165) is 22.2 Å². The lowest BCUT2D eigenvalue weighted by atomic mass is 10.4. The van der Waals surface area contributed by atoms with Crippen molar-refractivity contribution in [1.29, 1.82) is 0 Å². The van der Waals surface area contributed by atoms with Crippen LogP contribution in [0.25, 0.3) is 0 Å². The Kier molecular flexibility index (Phi) is 14.0. The number of carbonyl (C=O) groups excluding carboxylic acids is 1. The Bertz CT molecular complexity index is 668. The van der Waals surface area contributed by atoms with Gasteiger partial charge in [-0.2, -0.15) is 0 Å². The van der Waals surface area contributed by atoms with Crippen LogP contribution in [0, 0.1) is 6.92 Å². The van der Waals surface area contributed by atoms with Crippen LogP contribution < -0.4 is 10.4 Å². The van der Waals surface area contributed by atoms with E-state index in [1.54, 1.807) is 26.4 Å². The van der Waals surface area contributed by atoms with Crippen LogP contribution in [-0.4, -0.2) is 27.1 Å². The van der Waals surface area contributed by atoms with Gasteiger partial charge in [0.05, 0.1) is 22.2 Å². The van der Waals surface area contributed by atoms with Crippen molar-refractivity contribution in [1.82, 2.24) is 0 Å². The molecule has 1 atom stereocenters. The highest BCUT2D eigenvalue weighted by atomic mass is 35.5. The maximum Gasteiger partial charge on any atom is 0.165 e. The van der Waals surface area contributed by atoms with Gasteiger partial charge in [0.2, 0.25) is 0 Å². The van der Waals surface area contributed by atoms with E-state index in [2.05, 4.69) is 9.82 Å². The van der Waals surface area contributed by atoms with Crippen LogP contribution in [0.15, 0.2) is 24.3 Å². The standard InChI is InChI=1S/C14H14Cl2NO2PS.C2H6O.C2H6/c1-3-19-20(13-5-4-10(15)7-11(13)16)17-12-6-9(2)21-14(12)8-18;1-3-2;1-2/h4-8,17H,3H2,1-2H3;1-2H3;1-2H3. The van der Waals surface area contributed by atoms with Gasteiger partial charge in [0.1, 0.15) is 0 Å². The molecule has 0 fully saturated rings. The van der Waals surface area contributed by atoms with Gasteiger partial charge in [0, 0.05) is 29.4 Å². The van der Waals surface area contributed by atoms with Crippen LogP contribution in [0.2, 0.25) is 10.0 Å². The summed E-state index contributed by atoms with van der Waals surface area (Å²) >= 11 is 13.6. The summed E-state index contributed by atoms with van der Waals surface area (Å²) in [5, 5.41) is 5.27. The van der Waals surface area contributed by atoms with Gasteiger partial charge in [-0.25, -0.2) is 0 Å². The van der Waals surface area contributed by atoms with Gasteiger partial charge in [-0.05, 0) is 38.1 Å². The van der Waals surface area contributed by atoms with Crippen LogP contribution in [0.1, 0.15) is 35.3 Å². The van der Waals surface area contributed by atoms with E-state index in [9.17, 15) is 4.79 Å². The van der Waals surface area contributed by atoms with Crippen molar-refractivity contribution >= 4 is 60.1 Å². The van der Waals surface area contributed by atoms with Gasteiger partial charge in [-0.3, -0.25) is 4.79 Å². The van der Waals surface area contributed by atoms with E-state index in [4.69, 9.17) is 27.7 Å². The zero-order valence-corrected chi connectivity index (χ0v) is 19.2. The SMILES string of the molecule is CC.CCOP(Nc1cc(C)sc1C=O)c1ccc(Cl)cc1Cl.COC. The van der Waals surface area contributed by atoms with E-state index in [-0.39, 0.29) is 0 Å². The quantitative estimate of drug-likeness (QED) is 0.410. The zero-order chi connectivity index (χ0) is 20.1. The Morgan fingerprint density at radius 2 is 1.85 bits per heavy atom. The van der Waals surface area contributed by atoms with E-state index in [1.165, 1.54) is 11.3 Å². The summed E-state index contributed by atoms with van der Waals surface area (Å²) in [6.45, 7) is 8.42. The molecule has 8 heteroatoms. The number of carbonyl (C=O) groups is 1. The summed E-state index contributed by atoms with van der Waals surface area (Å²) in [5.74, 6) is 0. The molecular formula is C18H26Cl2NO3PS. The lowest BCUT2D eigenvalue weighted by molar-refractivity contribution is 0.112. The third kappa shape index (κ3) is 8.34. The molecule has 0 saturated carbocycles. The second-order valence-electron chi connectivity index (χ2n) is 4.58. The van der Waals surface area contributed by atoms with Crippen molar-refractivity contribution in [3.05, 3.63) is 44.1 Å². The third-order valence-corrected chi connectivity index (χ3v) is 6.04. The number of aldehydes is 1. The number of ether oxygens (including phenoxy) is 1. The number of benzene rings is 1. The number of rotatable bonds is 6.